The summed E-state index contributed by atoms with van der Waals surface area (Å²) >= 11 is 0. The van der Waals surface area contributed by atoms with Crippen LogP contribution in [0.2, 0.25) is 0 Å². The van der Waals surface area contributed by atoms with Crippen molar-refractivity contribution in [2.24, 2.45) is 0 Å². The molecule has 19 heavy (non-hydrogen) atoms. The Bertz CT molecular complexity index is 406. The molecule has 0 saturated heterocycles. The lowest BCUT2D eigenvalue weighted by atomic mass is 10.2. The van der Waals surface area contributed by atoms with Gasteiger partial charge in [0.15, 0.2) is 0 Å². The normalized spacial score (nSPS) is 10.0. The van der Waals surface area contributed by atoms with Crippen molar-refractivity contribution in [2.75, 3.05) is 13.2 Å². The molecule has 0 unspecified atom stereocenters. The number of hydrogen-bond acceptors (Lipinski definition) is 4. The van der Waals surface area contributed by atoms with Crippen molar-refractivity contribution in [3.8, 4) is 0 Å². The Morgan fingerprint density at radius 2 is 1.89 bits per heavy atom. The molecular weight excluding hydrogens is 244 g/mol. The van der Waals surface area contributed by atoms with E-state index >= 15 is 0 Å². The summed E-state index contributed by atoms with van der Waals surface area (Å²) < 4.78 is 4.81. The standard InChI is InChI=1S/C14H20N2O3/c1-3-16(11-12-7-9-15-10-8-12)13(17)5-6-14(18)19-4-2/h7-10H,3-6,11H2,1-2H3. The predicted octanol–water partition coefficient (Wildman–Crippen LogP) is 1.77. The number of rotatable bonds is 7. The SMILES string of the molecule is CCOC(=O)CCC(=O)N(CC)Cc1ccncc1. The molecular formula is C14H20N2O3. The van der Waals surface area contributed by atoms with Gasteiger partial charge in [0.1, 0.15) is 0 Å². The van der Waals surface area contributed by atoms with Gasteiger partial charge in [-0.2, -0.15) is 0 Å². The summed E-state index contributed by atoms with van der Waals surface area (Å²) in [4.78, 5) is 28.9. The van der Waals surface area contributed by atoms with Crippen LogP contribution in [0.4, 0.5) is 0 Å². The summed E-state index contributed by atoms with van der Waals surface area (Å²) in [6.45, 7) is 5.18. The molecule has 0 aromatic carbocycles. The van der Waals surface area contributed by atoms with E-state index in [1.807, 2.05) is 19.1 Å². The van der Waals surface area contributed by atoms with Crippen LogP contribution in [0.3, 0.4) is 0 Å². The number of ether oxygens (including phenoxy) is 1. The van der Waals surface area contributed by atoms with Crippen LogP contribution in [0, 0.1) is 0 Å². The first-order chi connectivity index (χ1) is 9.17. The minimum absolute atomic E-state index is 0.0348. The molecule has 0 aliphatic heterocycles. The molecule has 1 heterocycles. The number of carbonyl (C=O) groups is 2. The van der Waals surface area contributed by atoms with Crippen molar-refractivity contribution in [2.45, 2.75) is 33.2 Å². The number of aromatic nitrogens is 1. The first kappa shape index (κ1) is 15.1. The Labute approximate surface area is 113 Å². The molecule has 0 N–H and O–H groups in total. The van der Waals surface area contributed by atoms with Gasteiger partial charge in [-0.15, -0.1) is 0 Å². The summed E-state index contributed by atoms with van der Waals surface area (Å²) in [5.41, 5.74) is 1.03. The minimum atomic E-state index is -0.323. The summed E-state index contributed by atoms with van der Waals surface area (Å²) in [6, 6.07) is 3.75. The van der Waals surface area contributed by atoms with Crippen LogP contribution in [-0.2, 0) is 20.9 Å². The molecule has 0 aliphatic carbocycles. The number of pyridine rings is 1. The Hall–Kier alpha value is -1.91. The van der Waals surface area contributed by atoms with Crippen LogP contribution in [0.5, 0.6) is 0 Å². The summed E-state index contributed by atoms with van der Waals surface area (Å²) in [5, 5.41) is 0. The molecule has 1 aromatic rings. The lowest BCUT2D eigenvalue weighted by molar-refractivity contribution is -0.145. The highest BCUT2D eigenvalue weighted by Gasteiger charge is 2.14. The highest BCUT2D eigenvalue weighted by Crippen LogP contribution is 2.06. The molecule has 0 bridgehead atoms. The monoisotopic (exact) mass is 264 g/mol. The molecule has 0 spiro atoms. The molecule has 104 valence electrons. The van der Waals surface area contributed by atoms with Gasteiger partial charge in [0, 0.05) is 31.9 Å². The van der Waals surface area contributed by atoms with E-state index in [0.717, 1.165) is 5.56 Å². The van der Waals surface area contributed by atoms with E-state index in [0.29, 0.717) is 19.7 Å². The lowest BCUT2D eigenvalue weighted by Gasteiger charge is -2.20. The van der Waals surface area contributed by atoms with Crippen molar-refractivity contribution in [1.29, 1.82) is 0 Å². The van der Waals surface area contributed by atoms with E-state index < -0.39 is 0 Å². The first-order valence-electron chi connectivity index (χ1n) is 6.49. The molecule has 1 rings (SSSR count). The van der Waals surface area contributed by atoms with Crippen LogP contribution < -0.4 is 0 Å². The van der Waals surface area contributed by atoms with Gasteiger partial charge in [-0.05, 0) is 31.5 Å². The van der Waals surface area contributed by atoms with Gasteiger partial charge >= 0.3 is 5.97 Å². The van der Waals surface area contributed by atoms with Gasteiger partial charge in [-0.25, -0.2) is 0 Å². The van der Waals surface area contributed by atoms with Crippen LogP contribution >= 0.6 is 0 Å². The van der Waals surface area contributed by atoms with E-state index in [-0.39, 0.29) is 24.7 Å². The Morgan fingerprint density at radius 3 is 2.47 bits per heavy atom. The second-order valence-corrected chi connectivity index (χ2v) is 4.07. The lowest BCUT2D eigenvalue weighted by Crippen LogP contribution is -2.30. The van der Waals surface area contributed by atoms with E-state index in [2.05, 4.69) is 4.98 Å². The first-order valence-corrected chi connectivity index (χ1v) is 6.49. The van der Waals surface area contributed by atoms with Gasteiger partial charge in [0.25, 0.3) is 0 Å². The number of nitrogens with zero attached hydrogens (tertiary/aromatic N) is 2. The molecule has 1 amide bonds. The average molecular weight is 264 g/mol. The molecule has 0 atom stereocenters. The maximum atomic E-state index is 12.0. The second-order valence-electron chi connectivity index (χ2n) is 4.07. The minimum Gasteiger partial charge on any atom is -0.466 e. The van der Waals surface area contributed by atoms with Crippen molar-refractivity contribution in [3.63, 3.8) is 0 Å². The highest BCUT2D eigenvalue weighted by molar-refractivity contribution is 5.81. The third-order valence-electron chi connectivity index (χ3n) is 2.71. The smallest absolute Gasteiger partial charge is 0.306 e. The number of esters is 1. The van der Waals surface area contributed by atoms with E-state index in [1.54, 1.807) is 24.2 Å². The molecule has 0 saturated carbocycles. The van der Waals surface area contributed by atoms with Gasteiger partial charge < -0.3 is 9.64 Å². The van der Waals surface area contributed by atoms with Crippen molar-refractivity contribution in [1.82, 2.24) is 9.88 Å². The Balaban J connectivity index is 2.46. The van der Waals surface area contributed by atoms with Crippen molar-refractivity contribution >= 4 is 11.9 Å². The maximum absolute atomic E-state index is 12.0. The largest absolute Gasteiger partial charge is 0.466 e. The van der Waals surface area contributed by atoms with Gasteiger partial charge in [0.05, 0.1) is 13.0 Å². The molecule has 5 nitrogen and oxygen atoms in total. The molecule has 0 radical (unpaired) electrons. The third kappa shape index (κ3) is 5.50. The zero-order valence-electron chi connectivity index (χ0n) is 11.5. The van der Waals surface area contributed by atoms with Crippen molar-refractivity contribution < 1.29 is 14.3 Å². The third-order valence-corrected chi connectivity index (χ3v) is 2.71. The summed E-state index contributed by atoms with van der Waals surface area (Å²) in [5.74, 6) is -0.358. The number of amides is 1. The van der Waals surface area contributed by atoms with Gasteiger partial charge in [-0.3, -0.25) is 14.6 Å². The zero-order valence-corrected chi connectivity index (χ0v) is 11.5. The predicted molar refractivity (Wildman–Crippen MR) is 71.2 cm³/mol. The maximum Gasteiger partial charge on any atom is 0.306 e. The van der Waals surface area contributed by atoms with Crippen LogP contribution in [-0.4, -0.2) is 34.9 Å². The number of hydrogen-bond donors (Lipinski definition) is 0. The van der Waals surface area contributed by atoms with Crippen LogP contribution in [0.15, 0.2) is 24.5 Å². The van der Waals surface area contributed by atoms with Crippen LogP contribution in [0.1, 0.15) is 32.3 Å². The van der Waals surface area contributed by atoms with E-state index in [4.69, 9.17) is 4.74 Å². The fourth-order valence-corrected chi connectivity index (χ4v) is 1.69. The number of carbonyl (C=O) groups excluding carboxylic acids is 2. The van der Waals surface area contributed by atoms with Gasteiger partial charge in [0.2, 0.25) is 5.91 Å². The molecule has 0 aliphatic rings. The quantitative estimate of drug-likeness (QED) is 0.704. The van der Waals surface area contributed by atoms with E-state index in [1.165, 1.54) is 0 Å². The fourth-order valence-electron chi connectivity index (χ4n) is 1.69. The van der Waals surface area contributed by atoms with Crippen molar-refractivity contribution in [3.05, 3.63) is 30.1 Å². The summed E-state index contributed by atoms with van der Waals surface area (Å²) in [6.07, 6.45) is 3.73. The topological polar surface area (TPSA) is 59.5 Å². The fraction of sp³-hybridized carbons (Fsp3) is 0.500. The summed E-state index contributed by atoms with van der Waals surface area (Å²) in [7, 11) is 0. The molecule has 5 heteroatoms. The Kier molecular flexibility index (Phi) is 6.57. The highest BCUT2D eigenvalue weighted by atomic mass is 16.5. The zero-order chi connectivity index (χ0) is 14.1. The molecule has 1 aromatic heterocycles. The van der Waals surface area contributed by atoms with E-state index in [9.17, 15) is 9.59 Å². The molecule has 0 fully saturated rings. The average Bonchev–Trinajstić information content (AvgIpc) is 2.43. The second kappa shape index (κ2) is 8.24. The van der Waals surface area contributed by atoms with Gasteiger partial charge in [-0.1, -0.05) is 0 Å². The van der Waals surface area contributed by atoms with Crippen LogP contribution in [0.25, 0.3) is 0 Å². The Morgan fingerprint density at radius 1 is 1.21 bits per heavy atom.